The van der Waals surface area contributed by atoms with E-state index in [1.54, 1.807) is 0 Å². The smallest absolute Gasteiger partial charge is 0.0998 e. The van der Waals surface area contributed by atoms with E-state index in [1.165, 1.54) is 83.7 Å². The molecule has 6 heteroatoms. The van der Waals surface area contributed by atoms with E-state index >= 15 is 0 Å². The first-order valence-electron chi connectivity index (χ1n) is 19.0. The zero-order chi connectivity index (χ0) is 37.7. The molecule has 0 aliphatic carbocycles. The maximum absolute atomic E-state index is 9.87. The predicted octanol–water partition coefficient (Wildman–Crippen LogP) is 14.4. The zero-order valence-corrected chi connectivity index (χ0v) is 32.4. The first kappa shape index (κ1) is 32.7. The highest BCUT2D eigenvalue weighted by atomic mass is 32.1. The van der Waals surface area contributed by atoms with Crippen LogP contribution in [0.1, 0.15) is 25.0 Å². The van der Waals surface area contributed by atoms with Gasteiger partial charge in [0, 0.05) is 96.5 Å². The lowest BCUT2D eigenvalue weighted by Crippen LogP contribution is -1.94. The number of nitrogens with zero attached hydrogens (tertiary/aromatic N) is 4. The first-order valence-corrected chi connectivity index (χ1v) is 20.6. The molecule has 0 saturated carbocycles. The van der Waals surface area contributed by atoms with Crippen molar-refractivity contribution in [2.24, 2.45) is 0 Å². The van der Waals surface area contributed by atoms with Crippen molar-refractivity contribution in [3.05, 3.63) is 145 Å². The molecule has 0 atom stereocenters. The van der Waals surface area contributed by atoms with Crippen LogP contribution in [0.3, 0.4) is 0 Å². The molecule has 0 radical (unpaired) electrons. The van der Waals surface area contributed by atoms with Gasteiger partial charge in [-0.1, -0.05) is 97.1 Å². The van der Waals surface area contributed by atoms with Gasteiger partial charge in [0.25, 0.3) is 0 Å². The van der Waals surface area contributed by atoms with Gasteiger partial charge in [0.15, 0.2) is 0 Å². The van der Waals surface area contributed by atoms with Crippen molar-refractivity contribution in [2.45, 2.75) is 26.9 Å². The molecular formula is C50H32N4S2. The Kier molecular flexibility index (Phi) is 7.25. The van der Waals surface area contributed by atoms with Crippen LogP contribution in [0.15, 0.2) is 133 Å². The molecule has 8 aromatic carbocycles. The van der Waals surface area contributed by atoms with Crippen LogP contribution in [0, 0.1) is 22.7 Å². The second-order valence-electron chi connectivity index (χ2n) is 14.3. The first-order chi connectivity index (χ1) is 27.7. The van der Waals surface area contributed by atoms with E-state index in [-0.39, 0.29) is 0 Å². The van der Waals surface area contributed by atoms with Gasteiger partial charge >= 0.3 is 0 Å². The number of nitriles is 2. The largest absolute Gasteiger partial charge is 0.340 e. The molecule has 0 saturated heterocycles. The van der Waals surface area contributed by atoms with E-state index in [1.807, 2.05) is 46.9 Å². The minimum Gasteiger partial charge on any atom is -0.340 e. The van der Waals surface area contributed by atoms with E-state index in [0.717, 1.165) is 46.0 Å². The summed E-state index contributed by atoms with van der Waals surface area (Å²) in [6.45, 7) is 6.10. The fourth-order valence-corrected chi connectivity index (χ4v) is 11.9. The van der Waals surface area contributed by atoms with Crippen molar-refractivity contribution in [3.63, 3.8) is 0 Å². The van der Waals surface area contributed by atoms with Gasteiger partial charge in [-0.05, 0) is 50.2 Å². The Balaban J connectivity index is 0.000000130. The number of thiophene rings is 2. The summed E-state index contributed by atoms with van der Waals surface area (Å²) in [5.74, 6) is 0. The van der Waals surface area contributed by atoms with Gasteiger partial charge in [0.05, 0.1) is 45.3 Å². The molecule has 0 amide bonds. The number of benzene rings is 8. The summed E-state index contributed by atoms with van der Waals surface area (Å²) in [5, 5.41) is 34.6. The fourth-order valence-electron chi connectivity index (χ4n) is 9.44. The molecule has 0 fully saturated rings. The van der Waals surface area contributed by atoms with Crippen molar-refractivity contribution in [3.8, 4) is 12.1 Å². The van der Waals surface area contributed by atoms with Crippen molar-refractivity contribution < 1.29 is 0 Å². The maximum atomic E-state index is 9.87. The van der Waals surface area contributed by atoms with Crippen LogP contribution in [0.25, 0.3) is 106 Å². The van der Waals surface area contributed by atoms with Crippen LogP contribution in [0.4, 0.5) is 0 Å². The third-order valence-corrected chi connectivity index (χ3v) is 14.0. The third kappa shape index (κ3) is 4.31. The van der Waals surface area contributed by atoms with E-state index in [0.29, 0.717) is 0 Å². The molecule has 4 aromatic heterocycles. The molecule has 4 heterocycles. The van der Waals surface area contributed by atoms with E-state index in [4.69, 9.17) is 0 Å². The zero-order valence-electron chi connectivity index (χ0n) is 30.7. The van der Waals surface area contributed by atoms with Gasteiger partial charge in [0.2, 0.25) is 0 Å². The molecule has 0 bridgehead atoms. The van der Waals surface area contributed by atoms with Crippen LogP contribution in [-0.2, 0) is 13.1 Å². The normalized spacial score (nSPS) is 11.9. The number of fused-ring (bicyclic) bond motifs is 20. The molecular weight excluding hydrogens is 721 g/mol. The Labute approximate surface area is 329 Å². The van der Waals surface area contributed by atoms with Crippen LogP contribution in [-0.4, -0.2) is 9.13 Å². The summed E-state index contributed by atoms with van der Waals surface area (Å²) in [6, 6.07) is 51.7. The Morgan fingerprint density at radius 1 is 0.411 bits per heavy atom. The molecule has 56 heavy (non-hydrogen) atoms. The lowest BCUT2D eigenvalue weighted by atomic mass is 9.98. The van der Waals surface area contributed by atoms with Gasteiger partial charge in [-0.25, -0.2) is 0 Å². The lowest BCUT2D eigenvalue weighted by molar-refractivity contribution is 0.829. The number of aromatic nitrogens is 2. The molecule has 12 rings (SSSR count). The summed E-state index contributed by atoms with van der Waals surface area (Å²) in [4.78, 5) is 0. The summed E-state index contributed by atoms with van der Waals surface area (Å²) in [7, 11) is 0. The lowest BCUT2D eigenvalue weighted by Gasteiger charge is -2.08. The second kappa shape index (κ2) is 12.4. The van der Waals surface area contributed by atoms with Crippen LogP contribution < -0.4 is 0 Å². The average Bonchev–Trinajstić information content (AvgIpc) is 4.01. The number of aryl methyl sites for hydroxylation is 2. The summed E-state index contributed by atoms with van der Waals surface area (Å²) in [6.07, 6.45) is 0. The van der Waals surface area contributed by atoms with Gasteiger partial charge < -0.3 is 9.13 Å². The maximum Gasteiger partial charge on any atom is 0.0998 e. The molecule has 264 valence electrons. The monoisotopic (exact) mass is 752 g/mol. The molecule has 12 aromatic rings. The van der Waals surface area contributed by atoms with Gasteiger partial charge in [-0.3, -0.25) is 0 Å². The van der Waals surface area contributed by atoms with Crippen molar-refractivity contribution in [2.75, 3.05) is 0 Å². The van der Waals surface area contributed by atoms with Gasteiger partial charge in [-0.2, -0.15) is 10.5 Å². The average molecular weight is 753 g/mol. The number of hydrogen-bond donors (Lipinski definition) is 0. The predicted molar refractivity (Wildman–Crippen MR) is 240 cm³/mol. The molecule has 0 aliphatic heterocycles. The third-order valence-electron chi connectivity index (χ3n) is 11.6. The second-order valence-corrected chi connectivity index (χ2v) is 16.4. The molecule has 0 unspecified atom stereocenters. The van der Waals surface area contributed by atoms with E-state index in [9.17, 15) is 10.5 Å². The summed E-state index contributed by atoms with van der Waals surface area (Å²) in [5.41, 5.74) is 6.27. The molecule has 0 spiro atoms. The standard InChI is InChI=1S/2C25H16N2S/c2*1-2-27-19-12-7-8-15(14-26)21(19)23-22-18-11-5-6-13-20(18)28-25(22)17-10-4-3-9-16(17)24(23)27/h2*3-13H,2H2,1H3. The van der Waals surface area contributed by atoms with Crippen molar-refractivity contribution in [1.82, 2.24) is 9.13 Å². The summed E-state index contributed by atoms with van der Waals surface area (Å²) >= 11 is 3.71. The topological polar surface area (TPSA) is 57.4 Å². The highest BCUT2D eigenvalue weighted by Crippen LogP contribution is 2.49. The van der Waals surface area contributed by atoms with Crippen LogP contribution in [0.2, 0.25) is 0 Å². The fraction of sp³-hybridized carbons (Fsp3) is 0.0800. The Hall–Kier alpha value is -6.70. The Morgan fingerprint density at radius 3 is 1.18 bits per heavy atom. The van der Waals surface area contributed by atoms with Crippen molar-refractivity contribution >= 4 is 128 Å². The number of rotatable bonds is 2. The quantitative estimate of drug-likeness (QED) is 0.177. The highest BCUT2D eigenvalue weighted by molar-refractivity contribution is 7.27. The SMILES string of the molecule is CCn1c2cccc(C#N)c2c2c3c4ccccc4sc3c3ccccc3c21.CCn1c2cccc(C#N)c2c2c3c4ccccc4sc3c3ccccc3c21. The van der Waals surface area contributed by atoms with Crippen LogP contribution in [0.5, 0.6) is 0 Å². The highest BCUT2D eigenvalue weighted by Gasteiger charge is 2.23. The van der Waals surface area contributed by atoms with Gasteiger partial charge in [-0.15, -0.1) is 22.7 Å². The van der Waals surface area contributed by atoms with Crippen LogP contribution >= 0.6 is 22.7 Å². The van der Waals surface area contributed by atoms with Gasteiger partial charge in [0.1, 0.15) is 0 Å². The van der Waals surface area contributed by atoms with E-state index in [2.05, 4.69) is 144 Å². The Morgan fingerprint density at radius 2 is 0.786 bits per heavy atom. The van der Waals surface area contributed by atoms with Crippen molar-refractivity contribution in [1.29, 1.82) is 10.5 Å². The molecule has 0 aliphatic rings. The molecule has 0 N–H and O–H groups in total. The van der Waals surface area contributed by atoms with E-state index < -0.39 is 0 Å². The summed E-state index contributed by atoms with van der Waals surface area (Å²) < 4.78 is 9.96. The molecule has 4 nitrogen and oxygen atoms in total. The Bertz CT molecular complexity index is 3460. The minimum atomic E-state index is 0.751. The number of hydrogen-bond acceptors (Lipinski definition) is 4. The minimum absolute atomic E-state index is 0.751.